The Morgan fingerprint density at radius 2 is 2.00 bits per heavy atom. The molecule has 27 heavy (non-hydrogen) atoms. The highest BCUT2D eigenvalue weighted by Crippen LogP contribution is 2.32. The lowest BCUT2D eigenvalue weighted by molar-refractivity contribution is 0.0787. The Balaban J connectivity index is 1.65. The molecule has 3 rings (SSSR count). The van der Waals surface area contributed by atoms with Crippen molar-refractivity contribution in [1.29, 1.82) is 0 Å². The highest BCUT2D eigenvalue weighted by molar-refractivity contribution is 5.98. The number of nitrogens with zero attached hydrogens (tertiary/aromatic N) is 2. The van der Waals surface area contributed by atoms with E-state index >= 15 is 0 Å². The Labute approximate surface area is 160 Å². The number of nitrogens with one attached hydrogen (secondary N) is 1. The standard InChI is InChI=1S/C21H27N3O3/c1-14(2)27-10-4-9-22-21-23-13-18-19(24-21)11-16(12-20(18)25)15-5-7-17(26-3)8-6-15/h5-8,13-14,16H,4,9-12H2,1-3H3,(H,22,23,24)/t16-/m0/s1. The van der Waals surface area contributed by atoms with E-state index < -0.39 is 0 Å². The van der Waals surface area contributed by atoms with Crippen LogP contribution < -0.4 is 10.1 Å². The normalized spacial score (nSPS) is 16.3. The number of carbonyl (C=O) groups is 1. The maximum absolute atomic E-state index is 12.5. The summed E-state index contributed by atoms with van der Waals surface area (Å²) in [7, 11) is 1.65. The van der Waals surface area contributed by atoms with Gasteiger partial charge >= 0.3 is 0 Å². The number of methoxy groups -OCH3 is 1. The second kappa shape index (κ2) is 8.95. The third-order valence-corrected chi connectivity index (χ3v) is 4.68. The highest BCUT2D eigenvalue weighted by Gasteiger charge is 2.28. The summed E-state index contributed by atoms with van der Waals surface area (Å²) < 4.78 is 10.7. The van der Waals surface area contributed by atoms with Crippen molar-refractivity contribution in [2.75, 3.05) is 25.6 Å². The topological polar surface area (TPSA) is 73.3 Å². The molecule has 6 heteroatoms. The van der Waals surface area contributed by atoms with Crippen molar-refractivity contribution in [2.24, 2.45) is 0 Å². The molecular weight excluding hydrogens is 342 g/mol. The van der Waals surface area contributed by atoms with Gasteiger partial charge in [-0.3, -0.25) is 4.79 Å². The minimum atomic E-state index is 0.106. The molecule has 1 aliphatic carbocycles. The summed E-state index contributed by atoms with van der Waals surface area (Å²) in [6.45, 7) is 5.49. The lowest BCUT2D eigenvalue weighted by Gasteiger charge is -2.23. The van der Waals surface area contributed by atoms with Crippen LogP contribution in [0.2, 0.25) is 0 Å². The van der Waals surface area contributed by atoms with Crippen LogP contribution in [-0.4, -0.2) is 42.1 Å². The van der Waals surface area contributed by atoms with Crippen LogP contribution in [-0.2, 0) is 11.2 Å². The van der Waals surface area contributed by atoms with Crippen LogP contribution in [0.15, 0.2) is 30.5 Å². The van der Waals surface area contributed by atoms with E-state index in [1.54, 1.807) is 13.3 Å². The van der Waals surface area contributed by atoms with Crippen molar-refractivity contribution < 1.29 is 14.3 Å². The second-order valence-electron chi connectivity index (χ2n) is 7.06. The summed E-state index contributed by atoms with van der Waals surface area (Å²) in [5, 5.41) is 3.22. The number of hydrogen-bond acceptors (Lipinski definition) is 6. The molecule has 0 fully saturated rings. The van der Waals surface area contributed by atoms with Gasteiger partial charge in [-0.25, -0.2) is 9.97 Å². The van der Waals surface area contributed by atoms with Crippen molar-refractivity contribution >= 4 is 11.7 Å². The van der Waals surface area contributed by atoms with Crippen LogP contribution in [0.4, 0.5) is 5.95 Å². The molecule has 0 bridgehead atoms. The van der Waals surface area contributed by atoms with Crippen molar-refractivity contribution in [3.8, 4) is 5.75 Å². The van der Waals surface area contributed by atoms with Crippen LogP contribution in [0.1, 0.15) is 54.2 Å². The lowest BCUT2D eigenvalue weighted by Crippen LogP contribution is -2.21. The van der Waals surface area contributed by atoms with Crippen molar-refractivity contribution in [3.63, 3.8) is 0 Å². The Hall–Kier alpha value is -2.47. The van der Waals surface area contributed by atoms with E-state index in [-0.39, 0.29) is 17.8 Å². The fourth-order valence-corrected chi connectivity index (χ4v) is 3.23. The van der Waals surface area contributed by atoms with Gasteiger partial charge in [-0.05, 0) is 50.3 Å². The SMILES string of the molecule is COc1ccc([C@@H]2CC(=O)c3cnc(NCCCOC(C)C)nc3C2)cc1. The molecule has 0 unspecified atom stereocenters. The van der Waals surface area contributed by atoms with Crippen LogP contribution in [0, 0.1) is 0 Å². The van der Waals surface area contributed by atoms with Gasteiger partial charge in [0.2, 0.25) is 5.95 Å². The predicted octanol–water partition coefficient (Wildman–Crippen LogP) is 3.62. The van der Waals surface area contributed by atoms with E-state index in [1.165, 1.54) is 0 Å². The molecule has 1 heterocycles. The van der Waals surface area contributed by atoms with Gasteiger partial charge in [-0.1, -0.05) is 12.1 Å². The van der Waals surface area contributed by atoms with E-state index in [1.807, 2.05) is 38.1 Å². The van der Waals surface area contributed by atoms with E-state index in [9.17, 15) is 4.79 Å². The molecule has 1 N–H and O–H groups in total. The third-order valence-electron chi connectivity index (χ3n) is 4.68. The highest BCUT2D eigenvalue weighted by atomic mass is 16.5. The Morgan fingerprint density at radius 3 is 2.70 bits per heavy atom. The first-order valence-electron chi connectivity index (χ1n) is 9.45. The maximum Gasteiger partial charge on any atom is 0.222 e. The summed E-state index contributed by atoms with van der Waals surface area (Å²) in [6.07, 6.45) is 4.00. The Kier molecular flexibility index (Phi) is 6.40. The van der Waals surface area contributed by atoms with E-state index in [0.717, 1.165) is 36.4 Å². The molecule has 1 aliphatic rings. The molecule has 0 aliphatic heterocycles. The van der Waals surface area contributed by atoms with E-state index in [2.05, 4.69) is 15.3 Å². The van der Waals surface area contributed by atoms with Crippen LogP contribution >= 0.6 is 0 Å². The molecule has 0 radical (unpaired) electrons. The number of anilines is 1. The number of hydrogen-bond donors (Lipinski definition) is 1. The summed E-state index contributed by atoms with van der Waals surface area (Å²) in [6, 6.07) is 7.91. The first-order valence-corrected chi connectivity index (χ1v) is 9.45. The fourth-order valence-electron chi connectivity index (χ4n) is 3.23. The maximum atomic E-state index is 12.5. The Bertz CT molecular complexity index is 775. The van der Waals surface area contributed by atoms with Crippen molar-refractivity contribution in [3.05, 3.63) is 47.3 Å². The molecule has 6 nitrogen and oxygen atoms in total. The molecule has 144 valence electrons. The van der Waals surface area contributed by atoms with Crippen LogP contribution in [0.3, 0.4) is 0 Å². The first kappa shape index (κ1) is 19.3. The number of ether oxygens (including phenoxy) is 2. The molecule has 2 aromatic rings. The van der Waals surface area contributed by atoms with E-state index in [4.69, 9.17) is 9.47 Å². The average Bonchev–Trinajstić information content (AvgIpc) is 2.67. The summed E-state index contributed by atoms with van der Waals surface area (Å²) in [4.78, 5) is 21.4. The number of benzene rings is 1. The zero-order valence-electron chi connectivity index (χ0n) is 16.2. The Morgan fingerprint density at radius 1 is 1.22 bits per heavy atom. The lowest BCUT2D eigenvalue weighted by atomic mass is 9.82. The van der Waals surface area contributed by atoms with Gasteiger partial charge in [-0.15, -0.1) is 0 Å². The molecule has 1 aromatic carbocycles. The molecule has 1 aromatic heterocycles. The monoisotopic (exact) mass is 369 g/mol. The zero-order valence-corrected chi connectivity index (χ0v) is 16.2. The molecule has 0 spiro atoms. The van der Waals surface area contributed by atoms with Crippen molar-refractivity contribution in [2.45, 2.75) is 45.1 Å². The third kappa shape index (κ3) is 5.04. The smallest absolute Gasteiger partial charge is 0.222 e. The second-order valence-corrected chi connectivity index (χ2v) is 7.06. The molecule has 0 saturated carbocycles. The fraction of sp³-hybridized carbons (Fsp3) is 0.476. The van der Waals surface area contributed by atoms with Gasteiger partial charge in [0.05, 0.1) is 24.5 Å². The molecule has 0 amide bonds. The summed E-state index contributed by atoms with van der Waals surface area (Å²) in [5.41, 5.74) is 2.60. The number of rotatable bonds is 8. The van der Waals surface area contributed by atoms with Gasteiger partial charge in [0.15, 0.2) is 5.78 Å². The number of ketones is 1. The average molecular weight is 369 g/mol. The predicted molar refractivity (Wildman–Crippen MR) is 105 cm³/mol. The van der Waals surface area contributed by atoms with Crippen LogP contribution in [0.25, 0.3) is 0 Å². The quantitative estimate of drug-likeness (QED) is 0.717. The minimum absolute atomic E-state index is 0.106. The van der Waals surface area contributed by atoms with Gasteiger partial charge < -0.3 is 14.8 Å². The largest absolute Gasteiger partial charge is 0.497 e. The number of carbonyl (C=O) groups excluding carboxylic acids is 1. The summed E-state index contributed by atoms with van der Waals surface area (Å²) >= 11 is 0. The number of Topliss-reactive ketones (excluding diaryl/α,β-unsaturated/α-hetero) is 1. The van der Waals surface area contributed by atoms with Gasteiger partial charge in [0, 0.05) is 25.8 Å². The van der Waals surface area contributed by atoms with Gasteiger partial charge in [-0.2, -0.15) is 0 Å². The van der Waals surface area contributed by atoms with Crippen molar-refractivity contribution in [1.82, 2.24) is 9.97 Å². The van der Waals surface area contributed by atoms with Crippen LogP contribution in [0.5, 0.6) is 5.75 Å². The minimum Gasteiger partial charge on any atom is -0.497 e. The number of aromatic nitrogens is 2. The summed E-state index contributed by atoms with van der Waals surface area (Å²) in [5.74, 6) is 1.63. The molecular formula is C21H27N3O3. The molecule has 1 atom stereocenters. The zero-order chi connectivity index (χ0) is 19.2. The molecule has 0 saturated heterocycles. The number of fused-ring (bicyclic) bond motifs is 1. The van der Waals surface area contributed by atoms with Gasteiger partial charge in [0.1, 0.15) is 5.75 Å². The van der Waals surface area contributed by atoms with Gasteiger partial charge in [0.25, 0.3) is 0 Å². The first-order chi connectivity index (χ1) is 13.1. The van der Waals surface area contributed by atoms with E-state index in [0.29, 0.717) is 24.5 Å².